The van der Waals surface area contributed by atoms with E-state index in [-0.39, 0.29) is 11.7 Å². The molecule has 0 aliphatic carbocycles. The summed E-state index contributed by atoms with van der Waals surface area (Å²) in [4.78, 5) is 28.4. The molecule has 0 spiro atoms. The molecule has 1 heterocycles. The van der Waals surface area contributed by atoms with Crippen LogP contribution in [0.15, 0.2) is 54.6 Å². The molecule has 1 amide bonds. The second-order valence-electron chi connectivity index (χ2n) is 7.88. The number of nitrogens with zero attached hydrogens (tertiary/aromatic N) is 2. The number of rotatable bonds is 6. The molecule has 1 unspecified atom stereocenters. The lowest BCUT2D eigenvalue weighted by atomic mass is 9.95. The van der Waals surface area contributed by atoms with E-state index >= 15 is 0 Å². The third kappa shape index (κ3) is 4.87. The first-order chi connectivity index (χ1) is 13.5. The van der Waals surface area contributed by atoms with Gasteiger partial charge in [0.25, 0.3) is 0 Å². The molecule has 2 aromatic rings. The smallest absolute Gasteiger partial charge is 0.219 e. The minimum absolute atomic E-state index is 0.0662. The molecule has 0 radical (unpaired) electrons. The fraction of sp³-hybridized carbons (Fsp3) is 0.417. The number of carbonyl (C=O) groups excluding carboxylic acids is 2. The first-order valence-corrected chi connectivity index (χ1v) is 10.1. The van der Waals surface area contributed by atoms with Crippen LogP contribution in [0, 0.1) is 0 Å². The Labute approximate surface area is 168 Å². The zero-order valence-electron chi connectivity index (χ0n) is 17.1. The van der Waals surface area contributed by atoms with Crippen LogP contribution < -0.4 is 0 Å². The molecule has 1 atom stereocenters. The maximum atomic E-state index is 12.5. The van der Waals surface area contributed by atoms with Crippen LogP contribution in [-0.4, -0.2) is 54.2 Å². The maximum absolute atomic E-state index is 12.5. The number of benzene rings is 2. The maximum Gasteiger partial charge on any atom is 0.219 e. The summed E-state index contributed by atoms with van der Waals surface area (Å²) in [6, 6.07) is 17.8. The van der Waals surface area contributed by atoms with Gasteiger partial charge in [-0.2, -0.15) is 0 Å². The lowest BCUT2D eigenvalue weighted by Crippen LogP contribution is -2.45. The van der Waals surface area contributed by atoms with Gasteiger partial charge in [0.2, 0.25) is 5.91 Å². The molecule has 3 rings (SSSR count). The summed E-state index contributed by atoms with van der Waals surface area (Å²) in [6.07, 6.45) is 2.07. The van der Waals surface area contributed by atoms with Gasteiger partial charge in [0.05, 0.1) is 0 Å². The molecule has 0 saturated carbocycles. The molecule has 0 aromatic heterocycles. The molecule has 148 valence electrons. The molecule has 1 fully saturated rings. The van der Waals surface area contributed by atoms with Crippen molar-refractivity contribution in [2.75, 3.05) is 26.7 Å². The predicted octanol–water partition coefficient (Wildman–Crippen LogP) is 3.96. The van der Waals surface area contributed by atoms with Crippen LogP contribution in [0.5, 0.6) is 0 Å². The topological polar surface area (TPSA) is 40.6 Å². The Morgan fingerprint density at radius 2 is 1.57 bits per heavy atom. The standard InChI is InChI=1S/C24H30N2O2/c1-18(17-26-15-13-23(14-16-26)25(3)19(2)27)20-9-11-22(12-10-20)24(28)21-7-5-4-6-8-21/h4-12,18,23H,13-17H2,1-3H3. The quantitative estimate of drug-likeness (QED) is 0.715. The van der Waals surface area contributed by atoms with E-state index in [4.69, 9.17) is 0 Å². The van der Waals surface area contributed by atoms with E-state index in [1.807, 2.05) is 54.4 Å². The van der Waals surface area contributed by atoms with Crippen molar-refractivity contribution in [1.29, 1.82) is 0 Å². The Hall–Kier alpha value is -2.46. The Bertz CT molecular complexity index is 793. The minimum Gasteiger partial charge on any atom is -0.343 e. The number of hydrogen-bond acceptors (Lipinski definition) is 3. The zero-order chi connectivity index (χ0) is 20.1. The van der Waals surface area contributed by atoms with E-state index < -0.39 is 0 Å². The van der Waals surface area contributed by atoms with Crippen LogP contribution in [-0.2, 0) is 4.79 Å². The monoisotopic (exact) mass is 378 g/mol. The van der Waals surface area contributed by atoms with E-state index in [1.54, 1.807) is 6.92 Å². The number of ketones is 1. The summed E-state index contributed by atoms with van der Waals surface area (Å²) in [5.41, 5.74) is 2.71. The SMILES string of the molecule is CC(=O)N(C)C1CCN(CC(C)c2ccc(C(=O)c3ccccc3)cc2)CC1. The van der Waals surface area contributed by atoms with Crippen molar-refractivity contribution < 1.29 is 9.59 Å². The highest BCUT2D eigenvalue weighted by molar-refractivity contribution is 6.08. The first-order valence-electron chi connectivity index (χ1n) is 10.1. The second kappa shape index (κ2) is 9.16. The van der Waals surface area contributed by atoms with Crippen molar-refractivity contribution in [1.82, 2.24) is 9.80 Å². The molecule has 0 bridgehead atoms. The normalized spacial score (nSPS) is 16.5. The van der Waals surface area contributed by atoms with Gasteiger partial charge in [-0.15, -0.1) is 0 Å². The highest BCUT2D eigenvalue weighted by atomic mass is 16.2. The first kappa shape index (κ1) is 20.3. The van der Waals surface area contributed by atoms with E-state index in [9.17, 15) is 9.59 Å². The molecule has 0 N–H and O–H groups in total. The Kier molecular flexibility index (Phi) is 6.63. The number of amides is 1. The van der Waals surface area contributed by atoms with Crippen molar-refractivity contribution in [2.24, 2.45) is 0 Å². The van der Waals surface area contributed by atoms with Gasteiger partial charge in [0.15, 0.2) is 5.78 Å². The summed E-state index contributed by atoms with van der Waals surface area (Å²) in [6.45, 7) is 6.93. The Morgan fingerprint density at radius 1 is 1.00 bits per heavy atom. The molecule has 1 aliphatic heterocycles. The molecule has 4 nitrogen and oxygen atoms in total. The average molecular weight is 379 g/mol. The fourth-order valence-electron chi connectivity index (χ4n) is 3.96. The molecule has 1 aliphatic rings. The van der Waals surface area contributed by atoms with Crippen LogP contribution in [0.4, 0.5) is 0 Å². The van der Waals surface area contributed by atoms with Gasteiger partial charge in [-0.05, 0) is 24.3 Å². The van der Waals surface area contributed by atoms with Gasteiger partial charge in [0.1, 0.15) is 0 Å². The van der Waals surface area contributed by atoms with Crippen molar-refractivity contribution >= 4 is 11.7 Å². The van der Waals surface area contributed by atoms with Crippen molar-refractivity contribution in [2.45, 2.75) is 38.6 Å². The summed E-state index contributed by atoms with van der Waals surface area (Å²) >= 11 is 0. The number of carbonyl (C=O) groups is 2. The van der Waals surface area contributed by atoms with Crippen LogP contribution in [0.1, 0.15) is 54.1 Å². The second-order valence-corrected chi connectivity index (χ2v) is 7.88. The van der Waals surface area contributed by atoms with Gasteiger partial charge < -0.3 is 9.80 Å². The van der Waals surface area contributed by atoms with E-state index in [2.05, 4.69) is 24.0 Å². The van der Waals surface area contributed by atoms with Crippen LogP contribution in [0.25, 0.3) is 0 Å². The fourth-order valence-corrected chi connectivity index (χ4v) is 3.96. The van der Waals surface area contributed by atoms with E-state index in [0.717, 1.165) is 43.6 Å². The molecular formula is C24H30N2O2. The summed E-state index contributed by atoms with van der Waals surface area (Å²) < 4.78 is 0. The third-order valence-corrected chi connectivity index (χ3v) is 5.91. The lowest BCUT2D eigenvalue weighted by molar-refractivity contribution is -0.130. The van der Waals surface area contributed by atoms with Crippen LogP contribution in [0.2, 0.25) is 0 Å². The van der Waals surface area contributed by atoms with E-state index in [1.165, 1.54) is 5.56 Å². The van der Waals surface area contributed by atoms with E-state index in [0.29, 0.717) is 12.0 Å². The molecule has 1 saturated heterocycles. The average Bonchev–Trinajstić information content (AvgIpc) is 2.74. The Balaban J connectivity index is 1.55. The van der Waals surface area contributed by atoms with Crippen molar-refractivity contribution in [3.63, 3.8) is 0 Å². The largest absolute Gasteiger partial charge is 0.343 e. The highest BCUT2D eigenvalue weighted by Gasteiger charge is 2.24. The summed E-state index contributed by atoms with van der Waals surface area (Å²) in [5, 5.41) is 0. The molecule has 4 heteroatoms. The molecule has 28 heavy (non-hydrogen) atoms. The van der Waals surface area contributed by atoms with Crippen LogP contribution in [0.3, 0.4) is 0 Å². The zero-order valence-corrected chi connectivity index (χ0v) is 17.1. The van der Waals surface area contributed by atoms with Gasteiger partial charge >= 0.3 is 0 Å². The third-order valence-electron chi connectivity index (χ3n) is 5.91. The van der Waals surface area contributed by atoms with Gasteiger partial charge in [-0.25, -0.2) is 0 Å². The molecular weight excluding hydrogens is 348 g/mol. The summed E-state index contributed by atoms with van der Waals surface area (Å²) in [7, 11) is 1.91. The summed E-state index contributed by atoms with van der Waals surface area (Å²) in [5.74, 6) is 0.622. The van der Waals surface area contributed by atoms with Gasteiger partial charge in [-0.3, -0.25) is 9.59 Å². The Morgan fingerprint density at radius 3 is 2.14 bits per heavy atom. The number of hydrogen-bond donors (Lipinski definition) is 0. The van der Waals surface area contributed by atoms with Crippen molar-refractivity contribution in [3.05, 3.63) is 71.3 Å². The van der Waals surface area contributed by atoms with Gasteiger partial charge in [-0.1, -0.05) is 61.5 Å². The van der Waals surface area contributed by atoms with Crippen molar-refractivity contribution in [3.8, 4) is 0 Å². The van der Waals surface area contributed by atoms with Crippen LogP contribution >= 0.6 is 0 Å². The number of piperidine rings is 1. The highest BCUT2D eigenvalue weighted by Crippen LogP contribution is 2.22. The molecule has 2 aromatic carbocycles. The minimum atomic E-state index is 0.0662. The number of likely N-dealkylation sites (tertiary alicyclic amines) is 1. The van der Waals surface area contributed by atoms with Gasteiger partial charge in [0, 0.05) is 50.8 Å². The lowest BCUT2D eigenvalue weighted by Gasteiger charge is -2.37. The predicted molar refractivity (Wildman–Crippen MR) is 113 cm³/mol.